The van der Waals surface area contributed by atoms with Gasteiger partial charge >= 0.3 is 5.69 Å². The standard InChI is InChI=1S/C26H22Br2N4O4/c1-3-16(2)25-30-22-10-9-19(27)13-20(22)26(33)31(25)29-14-18-11-21(28)24(23(12-18)32(34)35)36-15-17-7-5-4-6-8-17/h4-14,16H,3,15H2,1-2H3/t16-/m1/s1. The largest absolute Gasteiger partial charge is 0.481 e. The average molecular weight is 614 g/mol. The number of rotatable bonds is 8. The molecule has 36 heavy (non-hydrogen) atoms. The lowest BCUT2D eigenvalue weighted by Crippen LogP contribution is -2.23. The summed E-state index contributed by atoms with van der Waals surface area (Å²) in [5.74, 6) is 0.610. The summed E-state index contributed by atoms with van der Waals surface area (Å²) in [6, 6.07) is 17.7. The molecule has 0 saturated carbocycles. The zero-order valence-electron chi connectivity index (χ0n) is 19.5. The molecule has 8 nitrogen and oxygen atoms in total. The van der Waals surface area contributed by atoms with Gasteiger partial charge in [-0.2, -0.15) is 9.78 Å². The predicted molar refractivity (Wildman–Crippen MR) is 147 cm³/mol. The minimum absolute atomic E-state index is 0.0299. The maximum absolute atomic E-state index is 13.3. The molecule has 0 bridgehead atoms. The van der Waals surface area contributed by atoms with Crippen LogP contribution in [0, 0.1) is 10.1 Å². The first-order chi connectivity index (χ1) is 17.3. The summed E-state index contributed by atoms with van der Waals surface area (Å²) in [6.45, 7) is 4.16. The van der Waals surface area contributed by atoms with E-state index in [9.17, 15) is 14.9 Å². The maximum atomic E-state index is 13.3. The van der Waals surface area contributed by atoms with Gasteiger partial charge in [0.15, 0.2) is 0 Å². The third-order valence-electron chi connectivity index (χ3n) is 5.68. The monoisotopic (exact) mass is 612 g/mol. The number of hydrogen-bond donors (Lipinski definition) is 0. The lowest BCUT2D eigenvalue weighted by atomic mass is 10.1. The first-order valence-corrected chi connectivity index (χ1v) is 12.8. The zero-order chi connectivity index (χ0) is 25.8. The topological polar surface area (TPSA) is 99.6 Å². The number of nitro groups is 1. The molecule has 0 spiro atoms. The molecule has 0 aliphatic rings. The van der Waals surface area contributed by atoms with Crippen molar-refractivity contribution in [3.05, 3.63) is 107 Å². The van der Waals surface area contributed by atoms with Gasteiger partial charge in [-0.1, -0.05) is 60.1 Å². The summed E-state index contributed by atoms with van der Waals surface area (Å²) < 4.78 is 8.20. The Morgan fingerprint density at radius 3 is 2.61 bits per heavy atom. The van der Waals surface area contributed by atoms with Crippen molar-refractivity contribution < 1.29 is 9.66 Å². The van der Waals surface area contributed by atoms with E-state index >= 15 is 0 Å². The summed E-state index contributed by atoms with van der Waals surface area (Å²) in [5, 5.41) is 16.6. The highest BCUT2D eigenvalue weighted by atomic mass is 79.9. The van der Waals surface area contributed by atoms with Crippen molar-refractivity contribution in [2.45, 2.75) is 32.8 Å². The Morgan fingerprint density at radius 2 is 1.92 bits per heavy atom. The Balaban J connectivity index is 1.75. The minimum Gasteiger partial charge on any atom is -0.481 e. The molecule has 0 N–H and O–H groups in total. The van der Waals surface area contributed by atoms with E-state index < -0.39 is 4.92 Å². The molecule has 1 aromatic heterocycles. The highest BCUT2D eigenvalue weighted by molar-refractivity contribution is 9.10. The molecule has 4 aromatic rings. The van der Waals surface area contributed by atoms with Gasteiger partial charge in [-0.15, -0.1) is 0 Å². The number of benzene rings is 3. The lowest BCUT2D eigenvalue weighted by molar-refractivity contribution is -0.386. The summed E-state index contributed by atoms with van der Waals surface area (Å²) in [4.78, 5) is 29.3. The molecule has 0 unspecified atom stereocenters. The fraction of sp³-hybridized carbons (Fsp3) is 0.192. The Kier molecular flexibility index (Phi) is 7.95. The molecular weight excluding hydrogens is 592 g/mol. The summed E-state index contributed by atoms with van der Waals surface area (Å²) >= 11 is 6.79. The molecule has 0 saturated heterocycles. The van der Waals surface area contributed by atoms with Gasteiger partial charge in [-0.05, 0) is 52.2 Å². The SMILES string of the molecule is CC[C@@H](C)c1nc2ccc(Br)cc2c(=O)n1N=Cc1cc(Br)c(OCc2ccccc2)c([N+](=O)[O-])c1. The Labute approximate surface area is 224 Å². The Bertz CT molecular complexity index is 1520. The van der Waals surface area contributed by atoms with Crippen LogP contribution in [0.25, 0.3) is 10.9 Å². The second-order valence-corrected chi connectivity index (χ2v) is 9.95. The average Bonchev–Trinajstić information content (AvgIpc) is 2.87. The predicted octanol–water partition coefficient (Wildman–Crippen LogP) is 6.80. The van der Waals surface area contributed by atoms with Crippen LogP contribution in [0.2, 0.25) is 0 Å². The summed E-state index contributed by atoms with van der Waals surface area (Å²) in [5.41, 5.74) is 1.37. The fourth-order valence-electron chi connectivity index (χ4n) is 3.59. The van der Waals surface area contributed by atoms with Crippen LogP contribution < -0.4 is 10.3 Å². The second-order valence-electron chi connectivity index (χ2n) is 8.18. The van der Waals surface area contributed by atoms with Gasteiger partial charge < -0.3 is 4.74 Å². The highest BCUT2D eigenvalue weighted by Gasteiger charge is 2.21. The molecule has 0 radical (unpaired) electrons. The van der Waals surface area contributed by atoms with Crippen LogP contribution in [0.1, 0.15) is 43.1 Å². The second kappa shape index (κ2) is 11.1. The number of fused-ring (bicyclic) bond motifs is 1. The van der Waals surface area contributed by atoms with Crippen LogP contribution in [0.15, 0.2) is 79.5 Å². The first-order valence-electron chi connectivity index (χ1n) is 11.2. The number of aromatic nitrogens is 2. The minimum atomic E-state index is -0.506. The third kappa shape index (κ3) is 5.55. The number of hydrogen-bond acceptors (Lipinski definition) is 6. The van der Waals surface area contributed by atoms with Crippen LogP contribution >= 0.6 is 31.9 Å². The van der Waals surface area contributed by atoms with E-state index in [0.717, 1.165) is 16.5 Å². The van der Waals surface area contributed by atoms with E-state index in [4.69, 9.17) is 4.74 Å². The molecule has 10 heteroatoms. The van der Waals surface area contributed by atoms with Crippen molar-refractivity contribution in [1.82, 2.24) is 9.66 Å². The maximum Gasteiger partial charge on any atom is 0.312 e. The number of ether oxygens (including phenoxy) is 1. The molecule has 0 fully saturated rings. The van der Waals surface area contributed by atoms with Crippen LogP contribution in [-0.4, -0.2) is 20.8 Å². The highest BCUT2D eigenvalue weighted by Crippen LogP contribution is 2.36. The van der Waals surface area contributed by atoms with Crippen molar-refractivity contribution in [2.75, 3.05) is 0 Å². The van der Waals surface area contributed by atoms with E-state index in [0.29, 0.717) is 26.8 Å². The van der Waals surface area contributed by atoms with Gasteiger partial charge in [-0.25, -0.2) is 4.98 Å². The van der Waals surface area contributed by atoms with Crippen LogP contribution in [0.4, 0.5) is 5.69 Å². The number of halogens is 2. The molecule has 1 heterocycles. The van der Waals surface area contributed by atoms with Crippen molar-refractivity contribution in [3.8, 4) is 5.75 Å². The van der Waals surface area contributed by atoms with Gasteiger partial charge in [0.25, 0.3) is 5.56 Å². The zero-order valence-corrected chi connectivity index (χ0v) is 22.7. The first kappa shape index (κ1) is 25.7. The van der Waals surface area contributed by atoms with E-state index in [2.05, 4.69) is 41.9 Å². The summed E-state index contributed by atoms with van der Waals surface area (Å²) in [6.07, 6.45) is 2.17. The van der Waals surface area contributed by atoms with Crippen molar-refractivity contribution in [3.63, 3.8) is 0 Å². The van der Waals surface area contributed by atoms with Gasteiger partial charge in [0.05, 0.1) is 26.5 Å². The van der Waals surface area contributed by atoms with Crippen molar-refractivity contribution in [2.24, 2.45) is 5.10 Å². The van der Waals surface area contributed by atoms with Crippen LogP contribution in [0.3, 0.4) is 0 Å². The quantitative estimate of drug-likeness (QED) is 0.124. The molecule has 0 aliphatic carbocycles. The fourth-order valence-corrected chi connectivity index (χ4v) is 4.53. The molecule has 0 aliphatic heterocycles. The molecule has 0 amide bonds. The third-order valence-corrected chi connectivity index (χ3v) is 6.76. The molecular formula is C26H22Br2N4O4. The van der Waals surface area contributed by atoms with E-state index in [-0.39, 0.29) is 29.5 Å². The van der Waals surface area contributed by atoms with Crippen LogP contribution in [-0.2, 0) is 6.61 Å². The van der Waals surface area contributed by atoms with Crippen LogP contribution in [0.5, 0.6) is 5.75 Å². The Hall–Kier alpha value is -3.37. The molecule has 1 atom stereocenters. The molecule has 4 rings (SSSR count). The van der Waals surface area contributed by atoms with Crippen molar-refractivity contribution >= 4 is 54.7 Å². The van der Waals surface area contributed by atoms with E-state index in [1.807, 2.05) is 50.2 Å². The van der Waals surface area contributed by atoms with E-state index in [1.165, 1.54) is 17.0 Å². The molecule has 3 aromatic carbocycles. The summed E-state index contributed by atoms with van der Waals surface area (Å²) in [7, 11) is 0. The smallest absolute Gasteiger partial charge is 0.312 e. The molecule has 184 valence electrons. The normalized spacial score (nSPS) is 12.2. The van der Waals surface area contributed by atoms with Gasteiger partial charge in [0, 0.05) is 22.0 Å². The number of nitro benzene ring substituents is 1. The number of nitrogens with zero attached hydrogens (tertiary/aromatic N) is 4. The van der Waals surface area contributed by atoms with Crippen molar-refractivity contribution in [1.29, 1.82) is 0 Å². The van der Waals surface area contributed by atoms with Gasteiger partial charge in [0.2, 0.25) is 5.75 Å². The lowest BCUT2D eigenvalue weighted by Gasteiger charge is -2.14. The van der Waals surface area contributed by atoms with Gasteiger partial charge in [-0.3, -0.25) is 14.9 Å². The van der Waals surface area contributed by atoms with Gasteiger partial charge in [0.1, 0.15) is 12.4 Å². The Morgan fingerprint density at radius 1 is 1.17 bits per heavy atom. The van der Waals surface area contributed by atoms with E-state index in [1.54, 1.807) is 18.2 Å².